The summed E-state index contributed by atoms with van der Waals surface area (Å²) in [5.74, 6) is 0.745. The number of carbonyl (C=O) groups excluding carboxylic acids is 1. The second-order valence-corrected chi connectivity index (χ2v) is 5.53. The molecule has 0 aliphatic carbocycles. The lowest BCUT2D eigenvalue weighted by Crippen LogP contribution is -2.22. The monoisotopic (exact) mass is 307 g/mol. The van der Waals surface area contributed by atoms with E-state index in [9.17, 15) is 4.79 Å². The van der Waals surface area contributed by atoms with Gasteiger partial charge in [0.25, 0.3) is 11.8 Å². The van der Waals surface area contributed by atoms with E-state index in [0.29, 0.717) is 22.8 Å². The molecule has 0 bridgehead atoms. The highest BCUT2D eigenvalue weighted by Gasteiger charge is 2.18. The number of amides is 1. The highest BCUT2D eigenvalue weighted by molar-refractivity contribution is 5.99. The van der Waals surface area contributed by atoms with Crippen molar-refractivity contribution < 1.29 is 9.32 Å². The highest BCUT2D eigenvalue weighted by atomic mass is 16.5. The summed E-state index contributed by atoms with van der Waals surface area (Å²) in [7, 11) is 3.43. The SMILES string of the molecule is Cc1ccc(-c2noc(-c3ccccc3C(=O)N(C)C)n2)cc1. The molecule has 5 nitrogen and oxygen atoms in total. The van der Waals surface area contributed by atoms with E-state index < -0.39 is 0 Å². The standard InChI is InChI=1S/C18H17N3O2/c1-12-8-10-13(11-9-12)16-19-17(23-20-16)14-6-4-5-7-15(14)18(22)21(2)3/h4-11H,1-3H3. The summed E-state index contributed by atoms with van der Waals surface area (Å²) >= 11 is 0. The largest absolute Gasteiger partial charge is 0.345 e. The number of aromatic nitrogens is 2. The van der Waals surface area contributed by atoms with Crippen LogP contribution in [0.25, 0.3) is 22.8 Å². The van der Waals surface area contributed by atoms with Gasteiger partial charge in [0.2, 0.25) is 5.82 Å². The van der Waals surface area contributed by atoms with Crippen LogP contribution in [-0.4, -0.2) is 35.0 Å². The predicted octanol–water partition coefficient (Wildman–Crippen LogP) is 3.41. The van der Waals surface area contributed by atoms with Crippen molar-refractivity contribution in [3.63, 3.8) is 0 Å². The van der Waals surface area contributed by atoms with Crippen molar-refractivity contribution in [2.45, 2.75) is 6.92 Å². The maximum absolute atomic E-state index is 12.3. The number of rotatable bonds is 3. The van der Waals surface area contributed by atoms with Crippen molar-refractivity contribution in [2.24, 2.45) is 0 Å². The number of benzene rings is 2. The summed E-state index contributed by atoms with van der Waals surface area (Å²) in [5, 5.41) is 4.03. The highest BCUT2D eigenvalue weighted by Crippen LogP contribution is 2.25. The van der Waals surface area contributed by atoms with Crippen molar-refractivity contribution >= 4 is 5.91 Å². The molecule has 0 saturated carbocycles. The Morgan fingerprint density at radius 3 is 2.43 bits per heavy atom. The molecule has 0 radical (unpaired) electrons. The normalized spacial score (nSPS) is 10.6. The molecule has 116 valence electrons. The third kappa shape index (κ3) is 2.99. The molecule has 5 heteroatoms. The second kappa shape index (κ2) is 6.04. The maximum atomic E-state index is 12.3. The number of carbonyl (C=O) groups is 1. The van der Waals surface area contributed by atoms with Crippen molar-refractivity contribution in [3.05, 3.63) is 59.7 Å². The van der Waals surface area contributed by atoms with Crippen LogP contribution in [0.2, 0.25) is 0 Å². The van der Waals surface area contributed by atoms with Crippen LogP contribution in [0.15, 0.2) is 53.1 Å². The first-order valence-electron chi connectivity index (χ1n) is 7.28. The molecule has 3 rings (SSSR count). The van der Waals surface area contributed by atoms with Gasteiger partial charge in [0.05, 0.1) is 11.1 Å². The molecule has 0 aliphatic rings. The quantitative estimate of drug-likeness (QED) is 0.744. The second-order valence-electron chi connectivity index (χ2n) is 5.53. The molecule has 3 aromatic rings. The molecule has 0 saturated heterocycles. The first-order chi connectivity index (χ1) is 11.1. The third-order valence-corrected chi connectivity index (χ3v) is 3.53. The minimum absolute atomic E-state index is 0.101. The van der Waals surface area contributed by atoms with E-state index in [2.05, 4.69) is 10.1 Å². The van der Waals surface area contributed by atoms with E-state index in [1.807, 2.05) is 49.4 Å². The fourth-order valence-electron chi connectivity index (χ4n) is 2.25. The molecule has 0 unspecified atom stereocenters. The van der Waals surface area contributed by atoms with Gasteiger partial charge in [-0.3, -0.25) is 4.79 Å². The van der Waals surface area contributed by atoms with Crippen LogP contribution in [0.4, 0.5) is 0 Å². The van der Waals surface area contributed by atoms with Crippen molar-refractivity contribution in [1.82, 2.24) is 15.0 Å². The van der Waals surface area contributed by atoms with Crippen LogP contribution in [-0.2, 0) is 0 Å². The van der Waals surface area contributed by atoms with Gasteiger partial charge in [-0.2, -0.15) is 4.98 Å². The van der Waals surface area contributed by atoms with Crippen LogP contribution >= 0.6 is 0 Å². The Bertz CT molecular complexity index is 835. The van der Waals surface area contributed by atoms with E-state index in [-0.39, 0.29) is 5.91 Å². The molecule has 1 amide bonds. The van der Waals surface area contributed by atoms with E-state index in [4.69, 9.17) is 4.52 Å². The van der Waals surface area contributed by atoms with Crippen molar-refractivity contribution in [1.29, 1.82) is 0 Å². The minimum Gasteiger partial charge on any atom is -0.345 e. The van der Waals surface area contributed by atoms with Gasteiger partial charge in [0.15, 0.2) is 0 Å². The topological polar surface area (TPSA) is 59.2 Å². The van der Waals surface area contributed by atoms with Crippen molar-refractivity contribution in [2.75, 3.05) is 14.1 Å². The molecular weight excluding hydrogens is 290 g/mol. The van der Waals surface area contributed by atoms with Crippen LogP contribution in [0.1, 0.15) is 15.9 Å². The Morgan fingerprint density at radius 1 is 1.04 bits per heavy atom. The van der Waals surface area contributed by atoms with Gasteiger partial charge in [-0.1, -0.05) is 47.1 Å². The number of aryl methyl sites for hydroxylation is 1. The molecule has 23 heavy (non-hydrogen) atoms. The summed E-state index contributed by atoms with van der Waals surface area (Å²) < 4.78 is 5.37. The molecule has 0 N–H and O–H groups in total. The molecule has 0 atom stereocenters. The lowest BCUT2D eigenvalue weighted by atomic mass is 10.1. The van der Waals surface area contributed by atoms with Gasteiger partial charge >= 0.3 is 0 Å². The molecule has 1 heterocycles. The van der Waals surface area contributed by atoms with Crippen LogP contribution in [0.5, 0.6) is 0 Å². The Morgan fingerprint density at radius 2 is 1.74 bits per heavy atom. The van der Waals surface area contributed by atoms with E-state index in [1.165, 1.54) is 10.5 Å². The third-order valence-electron chi connectivity index (χ3n) is 3.53. The summed E-state index contributed by atoms with van der Waals surface area (Å²) in [4.78, 5) is 18.2. The lowest BCUT2D eigenvalue weighted by Gasteiger charge is -2.11. The fraction of sp³-hybridized carbons (Fsp3) is 0.167. The summed E-state index contributed by atoms with van der Waals surface area (Å²) in [6.07, 6.45) is 0. The van der Waals surface area contributed by atoms with Crippen LogP contribution in [0.3, 0.4) is 0 Å². The summed E-state index contributed by atoms with van der Waals surface area (Å²) in [6.45, 7) is 2.02. The number of nitrogens with zero attached hydrogens (tertiary/aromatic N) is 3. The molecule has 0 spiro atoms. The van der Waals surface area contributed by atoms with Gasteiger partial charge in [-0.05, 0) is 19.1 Å². The molecule has 2 aromatic carbocycles. The molecular formula is C18H17N3O2. The Labute approximate surface area is 134 Å². The van der Waals surface area contributed by atoms with Crippen LogP contribution < -0.4 is 0 Å². The van der Waals surface area contributed by atoms with Gasteiger partial charge in [0, 0.05) is 19.7 Å². The Kier molecular flexibility index (Phi) is 3.93. The predicted molar refractivity (Wildman–Crippen MR) is 87.9 cm³/mol. The van der Waals surface area contributed by atoms with Gasteiger partial charge in [-0.15, -0.1) is 0 Å². The smallest absolute Gasteiger partial charge is 0.259 e. The minimum atomic E-state index is -0.101. The van der Waals surface area contributed by atoms with E-state index in [0.717, 1.165) is 5.56 Å². The Hall–Kier alpha value is -2.95. The first kappa shape index (κ1) is 15.0. The summed E-state index contributed by atoms with van der Waals surface area (Å²) in [6, 6.07) is 15.1. The van der Waals surface area contributed by atoms with Crippen LogP contribution in [0, 0.1) is 6.92 Å². The van der Waals surface area contributed by atoms with Crippen molar-refractivity contribution in [3.8, 4) is 22.8 Å². The number of hydrogen-bond donors (Lipinski definition) is 0. The zero-order valence-corrected chi connectivity index (χ0v) is 13.3. The average Bonchev–Trinajstić information content (AvgIpc) is 3.04. The maximum Gasteiger partial charge on any atom is 0.259 e. The average molecular weight is 307 g/mol. The zero-order valence-electron chi connectivity index (χ0n) is 13.3. The molecule has 0 aliphatic heterocycles. The Balaban J connectivity index is 2.01. The first-order valence-corrected chi connectivity index (χ1v) is 7.28. The number of hydrogen-bond acceptors (Lipinski definition) is 4. The van der Waals surface area contributed by atoms with E-state index >= 15 is 0 Å². The molecule has 1 aromatic heterocycles. The zero-order chi connectivity index (χ0) is 16.4. The fourth-order valence-corrected chi connectivity index (χ4v) is 2.25. The molecule has 0 fully saturated rings. The van der Waals surface area contributed by atoms with Gasteiger partial charge in [-0.25, -0.2) is 0 Å². The van der Waals surface area contributed by atoms with E-state index in [1.54, 1.807) is 20.2 Å². The van der Waals surface area contributed by atoms with Gasteiger partial charge in [0.1, 0.15) is 0 Å². The van der Waals surface area contributed by atoms with Gasteiger partial charge < -0.3 is 9.42 Å². The summed E-state index contributed by atoms with van der Waals surface area (Å²) in [5.41, 5.74) is 3.22. The lowest BCUT2D eigenvalue weighted by molar-refractivity contribution is 0.0828.